The fraction of sp³-hybridized carbons (Fsp3) is 0.174. The van der Waals surface area contributed by atoms with Gasteiger partial charge in [0, 0.05) is 22.5 Å². The Balaban J connectivity index is 1.34. The van der Waals surface area contributed by atoms with Crippen LogP contribution in [-0.4, -0.2) is 32.0 Å². The first-order chi connectivity index (χ1) is 15.6. The van der Waals surface area contributed by atoms with Gasteiger partial charge >= 0.3 is 0 Å². The summed E-state index contributed by atoms with van der Waals surface area (Å²) in [5.74, 6) is 0.209. The summed E-state index contributed by atoms with van der Waals surface area (Å²) in [4.78, 5) is 25.2. The third-order valence-electron chi connectivity index (χ3n) is 5.26. The molecule has 1 fully saturated rings. The summed E-state index contributed by atoms with van der Waals surface area (Å²) in [6.07, 6.45) is 3.57. The van der Waals surface area contributed by atoms with E-state index in [4.69, 9.17) is 4.42 Å². The summed E-state index contributed by atoms with van der Waals surface area (Å²) in [5.41, 5.74) is 3.24. The molecule has 5 rings (SSSR count). The lowest BCUT2D eigenvalue weighted by Gasteiger charge is -2.11. The van der Waals surface area contributed by atoms with E-state index in [9.17, 15) is 9.59 Å². The molecule has 160 valence electrons. The highest BCUT2D eigenvalue weighted by molar-refractivity contribution is 6.07. The third-order valence-corrected chi connectivity index (χ3v) is 5.26. The Morgan fingerprint density at radius 1 is 1.03 bits per heavy atom. The number of furan rings is 1. The highest BCUT2D eigenvalue weighted by Crippen LogP contribution is 2.36. The van der Waals surface area contributed by atoms with Gasteiger partial charge in [-0.2, -0.15) is 0 Å². The maximum absolute atomic E-state index is 12.9. The maximum Gasteiger partial charge on any atom is 0.291 e. The molecule has 2 N–H and O–H groups in total. The molecule has 0 bridgehead atoms. The highest BCUT2D eigenvalue weighted by Gasteiger charge is 2.28. The van der Waals surface area contributed by atoms with Gasteiger partial charge in [0.25, 0.3) is 11.8 Å². The predicted molar refractivity (Wildman–Crippen MR) is 117 cm³/mol. The topological polar surface area (TPSA) is 115 Å². The third kappa shape index (κ3) is 4.00. The van der Waals surface area contributed by atoms with E-state index in [1.165, 1.54) is 6.26 Å². The number of carbonyl (C=O) groups is 2. The standard InChI is InChI=1S/C23H20N6O3/c1-14-7-8-16(13-19(14)25-23(31)20-6-3-11-32-20)22(30)24-17-5-2-4-15(12-17)21-26-27-28-29(21)18-9-10-18/h2-8,11-13,18H,9-10H2,1H3,(H,24,30)(H,25,31). The van der Waals surface area contributed by atoms with Crippen LogP contribution < -0.4 is 10.6 Å². The van der Waals surface area contributed by atoms with Gasteiger partial charge in [-0.1, -0.05) is 18.2 Å². The number of tetrazole rings is 1. The second kappa shape index (κ2) is 8.10. The average molecular weight is 428 g/mol. The summed E-state index contributed by atoms with van der Waals surface area (Å²) < 4.78 is 6.95. The first kappa shape index (κ1) is 19.7. The van der Waals surface area contributed by atoms with Crippen LogP contribution in [0.15, 0.2) is 65.3 Å². The molecule has 2 heterocycles. The van der Waals surface area contributed by atoms with Crippen LogP contribution in [0.4, 0.5) is 11.4 Å². The van der Waals surface area contributed by atoms with Crippen molar-refractivity contribution in [1.29, 1.82) is 0 Å². The molecule has 2 aromatic heterocycles. The van der Waals surface area contributed by atoms with Gasteiger partial charge in [0.2, 0.25) is 0 Å². The zero-order valence-corrected chi connectivity index (χ0v) is 17.3. The van der Waals surface area contributed by atoms with Gasteiger partial charge in [0.1, 0.15) is 0 Å². The van der Waals surface area contributed by atoms with E-state index in [1.807, 2.05) is 29.8 Å². The lowest BCUT2D eigenvalue weighted by molar-refractivity contribution is 0.0993. The molecular weight excluding hydrogens is 408 g/mol. The number of aryl methyl sites for hydroxylation is 1. The molecule has 0 aliphatic heterocycles. The Morgan fingerprint density at radius 2 is 1.91 bits per heavy atom. The molecule has 32 heavy (non-hydrogen) atoms. The number of amides is 2. The molecule has 0 radical (unpaired) electrons. The van der Waals surface area contributed by atoms with Crippen molar-refractivity contribution in [2.75, 3.05) is 10.6 Å². The number of anilines is 2. The lowest BCUT2D eigenvalue weighted by Crippen LogP contribution is -2.15. The molecular formula is C23H20N6O3. The van der Waals surface area contributed by atoms with Gasteiger partial charge in [-0.15, -0.1) is 5.10 Å². The fourth-order valence-electron chi connectivity index (χ4n) is 3.38. The first-order valence-corrected chi connectivity index (χ1v) is 10.2. The molecule has 9 heteroatoms. The van der Waals surface area contributed by atoms with Gasteiger partial charge in [0.15, 0.2) is 11.6 Å². The molecule has 2 aromatic carbocycles. The van der Waals surface area contributed by atoms with Crippen LogP contribution in [0.2, 0.25) is 0 Å². The largest absolute Gasteiger partial charge is 0.459 e. The van der Waals surface area contributed by atoms with Crippen molar-refractivity contribution >= 4 is 23.2 Å². The summed E-state index contributed by atoms with van der Waals surface area (Å²) in [6, 6.07) is 16.1. The predicted octanol–water partition coefficient (Wildman–Crippen LogP) is 4.08. The van der Waals surface area contributed by atoms with Gasteiger partial charge < -0.3 is 15.1 Å². The van der Waals surface area contributed by atoms with Crippen LogP contribution in [0, 0.1) is 6.92 Å². The average Bonchev–Trinajstić information content (AvgIpc) is 3.27. The van der Waals surface area contributed by atoms with E-state index >= 15 is 0 Å². The first-order valence-electron chi connectivity index (χ1n) is 10.2. The van der Waals surface area contributed by atoms with E-state index in [0.29, 0.717) is 28.8 Å². The van der Waals surface area contributed by atoms with Gasteiger partial charge in [-0.05, 0) is 72.2 Å². The van der Waals surface area contributed by atoms with Crippen LogP contribution in [0.25, 0.3) is 11.4 Å². The van der Waals surface area contributed by atoms with Crippen LogP contribution in [0.5, 0.6) is 0 Å². The SMILES string of the molecule is Cc1ccc(C(=O)Nc2cccc(-c3nnnn3C3CC3)c2)cc1NC(=O)c1ccco1. The van der Waals surface area contributed by atoms with Gasteiger partial charge in [0.05, 0.1) is 12.3 Å². The number of rotatable bonds is 6. The van der Waals surface area contributed by atoms with E-state index < -0.39 is 0 Å². The number of nitrogens with one attached hydrogen (secondary N) is 2. The van der Waals surface area contributed by atoms with Gasteiger partial charge in [-0.3, -0.25) is 9.59 Å². The highest BCUT2D eigenvalue weighted by atomic mass is 16.3. The minimum absolute atomic E-state index is 0.199. The Labute approximate surface area is 183 Å². The minimum atomic E-state index is -0.378. The zero-order chi connectivity index (χ0) is 22.1. The zero-order valence-electron chi connectivity index (χ0n) is 17.3. The summed E-state index contributed by atoms with van der Waals surface area (Å²) >= 11 is 0. The molecule has 0 unspecified atom stereocenters. The minimum Gasteiger partial charge on any atom is -0.459 e. The molecule has 2 amide bonds. The molecule has 0 atom stereocenters. The number of benzene rings is 2. The summed E-state index contributed by atoms with van der Waals surface area (Å²) in [5, 5.41) is 17.7. The van der Waals surface area contributed by atoms with Crippen LogP contribution in [-0.2, 0) is 0 Å². The quantitative estimate of drug-likeness (QED) is 0.478. The molecule has 1 aliphatic carbocycles. The summed E-state index contributed by atoms with van der Waals surface area (Å²) in [7, 11) is 0. The van der Waals surface area contributed by atoms with Crippen LogP contribution in [0.1, 0.15) is 45.4 Å². The number of nitrogens with zero attached hydrogens (tertiary/aromatic N) is 4. The lowest BCUT2D eigenvalue weighted by atomic mass is 10.1. The summed E-state index contributed by atoms with van der Waals surface area (Å²) in [6.45, 7) is 1.85. The van der Waals surface area contributed by atoms with E-state index in [2.05, 4.69) is 26.2 Å². The van der Waals surface area contributed by atoms with E-state index in [0.717, 1.165) is 24.0 Å². The Bertz CT molecular complexity index is 1290. The molecule has 1 saturated carbocycles. The fourth-order valence-corrected chi connectivity index (χ4v) is 3.38. The van der Waals surface area contributed by atoms with E-state index in [-0.39, 0.29) is 17.6 Å². The second-order valence-corrected chi connectivity index (χ2v) is 7.67. The second-order valence-electron chi connectivity index (χ2n) is 7.67. The van der Waals surface area contributed by atoms with Crippen molar-refractivity contribution in [1.82, 2.24) is 20.2 Å². The number of hydrogen-bond donors (Lipinski definition) is 2. The van der Waals surface area contributed by atoms with Crippen molar-refractivity contribution in [3.8, 4) is 11.4 Å². The number of carbonyl (C=O) groups excluding carboxylic acids is 2. The molecule has 4 aromatic rings. The van der Waals surface area contributed by atoms with Crippen LogP contribution >= 0.6 is 0 Å². The maximum atomic E-state index is 12.9. The number of hydrogen-bond acceptors (Lipinski definition) is 6. The Kier molecular flexibility index (Phi) is 4.98. The van der Waals surface area contributed by atoms with Crippen molar-refractivity contribution in [3.05, 3.63) is 77.7 Å². The molecule has 0 spiro atoms. The van der Waals surface area contributed by atoms with Crippen molar-refractivity contribution in [2.24, 2.45) is 0 Å². The van der Waals surface area contributed by atoms with Gasteiger partial charge in [-0.25, -0.2) is 4.68 Å². The monoisotopic (exact) mass is 428 g/mol. The molecule has 1 aliphatic rings. The Morgan fingerprint density at radius 3 is 2.69 bits per heavy atom. The van der Waals surface area contributed by atoms with E-state index in [1.54, 1.807) is 36.4 Å². The van der Waals surface area contributed by atoms with Crippen molar-refractivity contribution < 1.29 is 14.0 Å². The smallest absolute Gasteiger partial charge is 0.291 e. The number of aromatic nitrogens is 4. The normalized spacial score (nSPS) is 13.0. The molecule has 9 nitrogen and oxygen atoms in total. The Hall–Kier alpha value is -4.27. The van der Waals surface area contributed by atoms with Crippen LogP contribution in [0.3, 0.4) is 0 Å². The van der Waals surface area contributed by atoms with Crippen molar-refractivity contribution in [2.45, 2.75) is 25.8 Å². The molecule has 0 saturated heterocycles. The van der Waals surface area contributed by atoms with Crippen molar-refractivity contribution in [3.63, 3.8) is 0 Å².